The summed E-state index contributed by atoms with van der Waals surface area (Å²) in [6, 6.07) is 10.5. The number of pyridine rings is 1. The van der Waals surface area contributed by atoms with E-state index in [1.807, 2.05) is 12.1 Å². The van der Waals surface area contributed by atoms with E-state index in [9.17, 15) is 0 Å². The minimum atomic E-state index is 0.518. The summed E-state index contributed by atoms with van der Waals surface area (Å²) < 4.78 is 2.34. The van der Waals surface area contributed by atoms with Crippen LogP contribution in [0, 0.1) is 5.92 Å². The van der Waals surface area contributed by atoms with Gasteiger partial charge >= 0.3 is 0 Å². The number of nitrogens with zero attached hydrogens (tertiary/aromatic N) is 2. The highest BCUT2D eigenvalue weighted by atomic mass is 35.5. The van der Waals surface area contributed by atoms with E-state index in [4.69, 9.17) is 17.3 Å². The Morgan fingerprint density at radius 3 is 2.65 bits per heavy atom. The fourth-order valence-corrected chi connectivity index (χ4v) is 3.20. The van der Waals surface area contributed by atoms with Crippen molar-refractivity contribution in [3.05, 3.63) is 53.4 Å². The summed E-state index contributed by atoms with van der Waals surface area (Å²) in [4.78, 5) is 4.06. The summed E-state index contributed by atoms with van der Waals surface area (Å²) in [5, 5.41) is 1.81. The van der Waals surface area contributed by atoms with Gasteiger partial charge in [-0.1, -0.05) is 37.6 Å². The average molecular weight is 328 g/mol. The Labute approximate surface area is 142 Å². The predicted octanol–water partition coefficient (Wildman–Crippen LogP) is 4.51. The second kappa shape index (κ2) is 6.73. The fourth-order valence-electron chi connectivity index (χ4n) is 3.03. The lowest BCUT2D eigenvalue weighted by molar-refractivity contribution is 0.534. The van der Waals surface area contributed by atoms with Crippen molar-refractivity contribution >= 4 is 22.5 Å². The summed E-state index contributed by atoms with van der Waals surface area (Å²) in [7, 11) is 0. The highest BCUT2D eigenvalue weighted by Gasteiger charge is 2.11. The van der Waals surface area contributed by atoms with Crippen molar-refractivity contribution in [2.75, 3.05) is 6.54 Å². The molecule has 0 radical (unpaired) electrons. The molecule has 3 rings (SSSR count). The quantitative estimate of drug-likeness (QED) is 0.700. The van der Waals surface area contributed by atoms with E-state index >= 15 is 0 Å². The lowest BCUT2D eigenvalue weighted by Gasteiger charge is -2.09. The first-order valence-corrected chi connectivity index (χ1v) is 8.40. The molecule has 0 spiro atoms. The van der Waals surface area contributed by atoms with Crippen LogP contribution in [-0.4, -0.2) is 16.1 Å². The zero-order valence-corrected chi connectivity index (χ0v) is 14.3. The van der Waals surface area contributed by atoms with E-state index in [2.05, 4.69) is 47.8 Å². The topological polar surface area (TPSA) is 43.8 Å². The Morgan fingerprint density at radius 2 is 1.96 bits per heavy atom. The first-order valence-electron chi connectivity index (χ1n) is 8.02. The van der Waals surface area contributed by atoms with Crippen molar-refractivity contribution in [3.63, 3.8) is 0 Å². The van der Waals surface area contributed by atoms with Crippen LogP contribution in [0.1, 0.15) is 19.4 Å². The zero-order valence-electron chi connectivity index (χ0n) is 13.6. The molecule has 0 atom stereocenters. The molecule has 120 valence electrons. The molecular weight excluding hydrogens is 306 g/mol. The molecule has 23 heavy (non-hydrogen) atoms. The van der Waals surface area contributed by atoms with E-state index in [-0.39, 0.29) is 0 Å². The molecule has 0 fully saturated rings. The van der Waals surface area contributed by atoms with Gasteiger partial charge in [0.1, 0.15) is 5.15 Å². The van der Waals surface area contributed by atoms with Crippen LogP contribution < -0.4 is 5.73 Å². The molecular formula is C19H22ClN3. The van der Waals surface area contributed by atoms with E-state index in [0.717, 1.165) is 24.1 Å². The van der Waals surface area contributed by atoms with Crippen molar-refractivity contribution in [1.29, 1.82) is 0 Å². The first kappa shape index (κ1) is 16.0. The second-order valence-corrected chi connectivity index (χ2v) is 6.73. The van der Waals surface area contributed by atoms with Crippen LogP contribution in [0.2, 0.25) is 5.15 Å². The lowest BCUT2D eigenvalue weighted by Crippen LogP contribution is -2.04. The van der Waals surface area contributed by atoms with Crippen LogP contribution in [-0.2, 0) is 13.0 Å². The molecule has 2 N–H and O–H groups in total. The van der Waals surface area contributed by atoms with Gasteiger partial charge in [0.2, 0.25) is 0 Å². The Morgan fingerprint density at radius 1 is 1.17 bits per heavy atom. The fraction of sp³-hybridized carbons (Fsp3) is 0.316. The highest BCUT2D eigenvalue weighted by molar-refractivity contribution is 6.29. The summed E-state index contributed by atoms with van der Waals surface area (Å²) >= 11 is 6.03. The largest absolute Gasteiger partial charge is 0.347 e. The standard InChI is InChI=1S/C19H22ClN3/c1-13(2)11-23-12-16(5-7-21)17-4-3-14(9-18(17)23)15-6-8-22-19(20)10-15/h3-4,6,8-10,12-13H,5,7,11,21H2,1-2H3. The molecule has 3 nitrogen and oxygen atoms in total. The summed E-state index contributed by atoms with van der Waals surface area (Å²) in [6.07, 6.45) is 4.90. The summed E-state index contributed by atoms with van der Waals surface area (Å²) in [5.74, 6) is 0.593. The smallest absolute Gasteiger partial charge is 0.129 e. The molecule has 0 aliphatic heterocycles. The number of rotatable bonds is 5. The van der Waals surface area contributed by atoms with Gasteiger partial charge in [-0.05, 0) is 53.8 Å². The predicted molar refractivity (Wildman–Crippen MR) is 97.8 cm³/mol. The normalized spacial score (nSPS) is 11.5. The number of hydrogen-bond donors (Lipinski definition) is 1. The Hall–Kier alpha value is -1.84. The van der Waals surface area contributed by atoms with E-state index < -0.39 is 0 Å². The molecule has 1 aromatic carbocycles. The minimum Gasteiger partial charge on any atom is -0.347 e. The van der Waals surface area contributed by atoms with Gasteiger partial charge in [0.15, 0.2) is 0 Å². The van der Waals surface area contributed by atoms with Crippen molar-refractivity contribution in [2.24, 2.45) is 11.7 Å². The van der Waals surface area contributed by atoms with E-state index in [0.29, 0.717) is 17.6 Å². The van der Waals surface area contributed by atoms with Crippen molar-refractivity contribution in [2.45, 2.75) is 26.8 Å². The van der Waals surface area contributed by atoms with E-state index in [1.54, 1.807) is 6.20 Å². The van der Waals surface area contributed by atoms with Crippen LogP contribution in [0.5, 0.6) is 0 Å². The summed E-state index contributed by atoms with van der Waals surface area (Å²) in [5.41, 5.74) is 10.6. The third kappa shape index (κ3) is 3.41. The van der Waals surface area contributed by atoms with Gasteiger partial charge in [0, 0.05) is 29.8 Å². The number of benzene rings is 1. The number of nitrogens with two attached hydrogens (primary N) is 1. The van der Waals surface area contributed by atoms with Crippen LogP contribution in [0.4, 0.5) is 0 Å². The highest BCUT2D eigenvalue weighted by Crippen LogP contribution is 2.29. The Bertz CT molecular complexity index is 821. The number of aromatic nitrogens is 2. The maximum Gasteiger partial charge on any atom is 0.129 e. The molecule has 0 aliphatic rings. The van der Waals surface area contributed by atoms with Gasteiger partial charge in [0.25, 0.3) is 0 Å². The van der Waals surface area contributed by atoms with Gasteiger partial charge in [-0.15, -0.1) is 0 Å². The second-order valence-electron chi connectivity index (χ2n) is 6.34. The molecule has 0 aliphatic carbocycles. The minimum absolute atomic E-state index is 0.518. The van der Waals surface area contributed by atoms with Gasteiger partial charge in [-0.2, -0.15) is 0 Å². The SMILES string of the molecule is CC(C)Cn1cc(CCN)c2ccc(-c3ccnc(Cl)c3)cc21. The monoisotopic (exact) mass is 327 g/mol. The third-order valence-electron chi connectivity index (χ3n) is 4.00. The van der Waals surface area contributed by atoms with Gasteiger partial charge in [-0.25, -0.2) is 4.98 Å². The average Bonchev–Trinajstić information content (AvgIpc) is 2.84. The molecule has 4 heteroatoms. The van der Waals surface area contributed by atoms with Gasteiger partial charge in [-0.3, -0.25) is 0 Å². The molecule has 0 unspecified atom stereocenters. The molecule has 0 saturated heterocycles. The van der Waals surface area contributed by atoms with Crippen LogP contribution >= 0.6 is 11.6 Å². The van der Waals surface area contributed by atoms with Crippen LogP contribution in [0.15, 0.2) is 42.7 Å². The molecule has 0 saturated carbocycles. The molecule has 3 aromatic rings. The number of halogens is 1. The molecule has 2 aromatic heterocycles. The zero-order chi connectivity index (χ0) is 16.4. The van der Waals surface area contributed by atoms with Crippen LogP contribution in [0.25, 0.3) is 22.0 Å². The Balaban J connectivity index is 2.13. The van der Waals surface area contributed by atoms with Crippen molar-refractivity contribution < 1.29 is 0 Å². The maximum absolute atomic E-state index is 6.03. The number of hydrogen-bond acceptors (Lipinski definition) is 2. The molecule has 0 bridgehead atoms. The lowest BCUT2D eigenvalue weighted by atomic mass is 10.0. The maximum atomic E-state index is 6.03. The van der Waals surface area contributed by atoms with Crippen molar-refractivity contribution in [3.8, 4) is 11.1 Å². The van der Waals surface area contributed by atoms with Gasteiger partial charge < -0.3 is 10.3 Å². The van der Waals surface area contributed by atoms with E-state index in [1.165, 1.54) is 16.5 Å². The van der Waals surface area contributed by atoms with Gasteiger partial charge in [0.05, 0.1) is 0 Å². The van der Waals surface area contributed by atoms with Crippen LogP contribution in [0.3, 0.4) is 0 Å². The number of fused-ring (bicyclic) bond motifs is 1. The molecule has 2 heterocycles. The summed E-state index contributed by atoms with van der Waals surface area (Å²) in [6.45, 7) is 6.14. The Kier molecular flexibility index (Phi) is 4.69. The third-order valence-corrected chi connectivity index (χ3v) is 4.21. The first-order chi connectivity index (χ1) is 11.1. The molecule has 0 amide bonds. The van der Waals surface area contributed by atoms with Crippen molar-refractivity contribution in [1.82, 2.24) is 9.55 Å².